The van der Waals surface area contributed by atoms with Gasteiger partial charge in [-0.3, -0.25) is 9.69 Å². The number of likely N-dealkylation sites (N-methyl/N-ethyl adjacent to an activating group) is 1. The Bertz CT molecular complexity index is 781. The second kappa shape index (κ2) is 9.45. The van der Waals surface area contributed by atoms with Crippen LogP contribution in [0.2, 0.25) is 0 Å². The maximum Gasteiger partial charge on any atom is 0.187 e. The quantitative estimate of drug-likeness (QED) is 0.492. The Balaban J connectivity index is 1.89. The van der Waals surface area contributed by atoms with E-state index in [4.69, 9.17) is 0 Å². The van der Waals surface area contributed by atoms with Crippen molar-refractivity contribution in [2.75, 3.05) is 32.1 Å². The van der Waals surface area contributed by atoms with Gasteiger partial charge in [0.2, 0.25) is 0 Å². The molecule has 1 aliphatic heterocycles. The summed E-state index contributed by atoms with van der Waals surface area (Å²) in [6, 6.07) is 16.8. The van der Waals surface area contributed by atoms with Crippen LogP contribution in [0.3, 0.4) is 0 Å². The molecule has 3 rings (SSSR count). The standard InChI is InChI=1S/C23H25NOS2/c1-4-24-15-19(13-17-5-9-21(26-2)10-6-17)23(25)20(16-24)14-18-7-11-22(27-3)12-8-18/h5-14H,4,15-16H2,1-3H3/b19-13+,20-14+. The first-order valence-corrected chi connectivity index (χ1v) is 11.5. The van der Waals surface area contributed by atoms with Gasteiger partial charge < -0.3 is 0 Å². The zero-order valence-electron chi connectivity index (χ0n) is 16.1. The van der Waals surface area contributed by atoms with Crippen LogP contribution in [0, 0.1) is 0 Å². The Morgan fingerprint density at radius 2 is 1.22 bits per heavy atom. The zero-order valence-corrected chi connectivity index (χ0v) is 17.7. The lowest BCUT2D eigenvalue weighted by atomic mass is 9.94. The van der Waals surface area contributed by atoms with Crippen molar-refractivity contribution in [3.63, 3.8) is 0 Å². The van der Waals surface area contributed by atoms with Gasteiger partial charge in [0.1, 0.15) is 0 Å². The van der Waals surface area contributed by atoms with Gasteiger partial charge in [0.15, 0.2) is 5.78 Å². The highest BCUT2D eigenvalue weighted by Gasteiger charge is 2.25. The first-order chi connectivity index (χ1) is 13.1. The van der Waals surface area contributed by atoms with Crippen LogP contribution in [0.5, 0.6) is 0 Å². The topological polar surface area (TPSA) is 20.3 Å². The van der Waals surface area contributed by atoms with Crippen LogP contribution < -0.4 is 0 Å². The van der Waals surface area contributed by atoms with E-state index in [0.717, 1.165) is 28.8 Å². The minimum absolute atomic E-state index is 0.169. The molecule has 0 bridgehead atoms. The van der Waals surface area contributed by atoms with Crippen LogP contribution in [0.15, 0.2) is 69.5 Å². The van der Waals surface area contributed by atoms with Crippen LogP contribution in [-0.4, -0.2) is 42.8 Å². The van der Waals surface area contributed by atoms with Crippen molar-refractivity contribution in [2.24, 2.45) is 0 Å². The number of rotatable bonds is 5. The molecule has 0 N–H and O–H groups in total. The van der Waals surface area contributed by atoms with Crippen LogP contribution in [-0.2, 0) is 4.79 Å². The van der Waals surface area contributed by atoms with E-state index in [9.17, 15) is 4.79 Å². The smallest absolute Gasteiger partial charge is 0.187 e. The van der Waals surface area contributed by atoms with E-state index in [0.29, 0.717) is 13.1 Å². The number of ketones is 1. The molecular weight excluding hydrogens is 370 g/mol. The van der Waals surface area contributed by atoms with E-state index in [1.807, 2.05) is 12.2 Å². The summed E-state index contributed by atoms with van der Waals surface area (Å²) in [5, 5.41) is 0. The predicted molar refractivity (Wildman–Crippen MR) is 120 cm³/mol. The van der Waals surface area contributed by atoms with E-state index in [1.54, 1.807) is 23.5 Å². The van der Waals surface area contributed by atoms with Gasteiger partial charge in [-0.05, 0) is 66.6 Å². The SMILES string of the molecule is CCN1C/C(=C\c2ccc(SC)cc2)C(=O)/C(=C/c2ccc(SC)cc2)C1. The zero-order chi connectivity index (χ0) is 19.2. The van der Waals surface area contributed by atoms with Crippen molar-refractivity contribution in [3.05, 3.63) is 70.8 Å². The van der Waals surface area contributed by atoms with Gasteiger partial charge in [-0.15, -0.1) is 23.5 Å². The van der Waals surface area contributed by atoms with Crippen molar-refractivity contribution in [1.29, 1.82) is 0 Å². The van der Waals surface area contributed by atoms with Crippen LogP contribution >= 0.6 is 23.5 Å². The van der Waals surface area contributed by atoms with Crippen LogP contribution in [0.4, 0.5) is 0 Å². The summed E-state index contributed by atoms with van der Waals surface area (Å²) < 4.78 is 0. The Morgan fingerprint density at radius 1 is 0.815 bits per heavy atom. The molecule has 1 saturated heterocycles. The molecule has 1 fully saturated rings. The van der Waals surface area contributed by atoms with Gasteiger partial charge in [-0.1, -0.05) is 31.2 Å². The maximum atomic E-state index is 13.1. The average molecular weight is 396 g/mol. The lowest BCUT2D eigenvalue weighted by Gasteiger charge is -2.28. The molecular formula is C23H25NOS2. The summed E-state index contributed by atoms with van der Waals surface area (Å²) in [4.78, 5) is 17.8. The Morgan fingerprint density at radius 3 is 1.56 bits per heavy atom. The number of benzene rings is 2. The number of piperidine rings is 1. The molecule has 27 heavy (non-hydrogen) atoms. The minimum atomic E-state index is 0.169. The third-order valence-electron chi connectivity index (χ3n) is 4.73. The first-order valence-electron chi connectivity index (χ1n) is 9.09. The number of hydrogen-bond acceptors (Lipinski definition) is 4. The van der Waals surface area contributed by atoms with E-state index >= 15 is 0 Å². The minimum Gasteiger partial charge on any atom is -0.295 e. The van der Waals surface area contributed by atoms with E-state index < -0.39 is 0 Å². The Kier molecular flexibility index (Phi) is 7.00. The number of carbonyl (C=O) groups excluding carboxylic acids is 1. The van der Waals surface area contributed by atoms with E-state index in [-0.39, 0.29) is 5.78 Å². The molecule has 0 saturated carbocycles. The molecule has 0 spiro atoms. The van der Waals surface area contributed by atoms with Crippen LogP contribution in [0.25, 0.3) is 12.2 Å². The monoisotopic (exact) mass is 395 g/mol. The molecule has 0 unspecified atom stereocenters. The van der Waals surface area contributed by atoms with E-state index in [2.05, 4.69) is 72.9 Å². The summed E-state index contributed by atoms with van der Waals surface area (Å²) >= 11 is 3.45. The second-order valence-corrected chi connectivity index (χ2v) is 8.28. The van der Waals surface area contributed by atoms with Crippen LogP contribution in [0.1, 0.15) is 18.1 Å². The average Bonchev–Trinajstić information content (AvgIpc) is 2.72. The fraction of sp³-hybridized carbons (Fsp3) is 0.261. The highest BCUT2D eigenvalue weighted by Crippen LogP contribution is 2.24. The lowest BCUT2D eigenvalue weighted by molar-refractivity contribution is -0.113. The number of nitrogens with zero attached hydrogens (tertiary/aromatic N) is 1. The lowest BCUT2D eigenvalue weighted by Crippen LogP contribution is -2.37. The van der Waals surface area contributed by atoms with Gasteiger partial charge >= 0.3 is 0 Å². The van der Waals surface area contributed by atoms with Gasteiger partial charge in [0.25, 0.3) is 0 Å². The summed E-state index contributed by atoms with van der Waals surface area (Å²) in [5.74, 6) is 0.169. The first kappa shape index (κ1) is 20.0. The van der Waals surface area contributed by atoms with Crippen molar-refractivity contribution in [2.45, 2.75) is 16.7 Å². The Hall–Kier alpha value is -1.75. The fourth-order valence-electron chi connectivity index (χ4n) is 3.14. The summed E-state index contributed by atoms with van der Waals surface area (Å²) in [5.41, 5.74) is 3.90. The molecule has 1 heterocycles. The normalized spacial score (nSPS) is 18.4. The van der Waals surface area contributed by atoms with E-state index in [1.165, 1.54) is 9.79 Å². The molecule has 4 heteroatoms. The van der Waals surface area contributed by atoms with Gasteiger partial charge in [0.05, 0.1) is 0 Å². The third-order valence-corrected chi connectivity index (χ3v) is 6.22. The van der Waals surface area contributed by atoms with Gasteiger partial charge in [-0.25, -0.2) is 0 Å². The number of likely N-dealkylation sites (tertiary alicyclic amines) is 1. The molecule has 2 nitrogen and oxygen atoms in total. The fourth-order valence-corrected chi connectivity index (χ4v) is 3.95. The van der Waals surface area contributed by atoms with Crippen molar-refractivity contribution < 1.29 is 4.79 Å². The molecule has 0 amide bonds. The molecule has 140 valence electrons. The largest absolute Gasteiger partial charge is 0.295 e. The highest BCUT2D eigenvalue weighted by atomic mass is 32.2. The second-order valence-electron chi connectivity index (χ2n) is 6.52. The highest BCUT2D eigenvalue weighted by molar-refractivity contribution is 7.98. The molecule has 0 aliphatic carbocycles. The molecule has 0 atom stereocenters. The number of hydrogen-bond donors (Lipinski definition) is 0. The molecule has 1 aliphatic rings. The number of carbonyl (C=O) groups is 1. The number of Topliss-reactive ketones (excluding diaryl/α,β-unsaturated/α-hetero) is 1. The summed E-state index contributed by atoms with van der Waals surface area (Å²) in [6.07, 6.45) is 8.22. The number of thioether (sulfide) groups is 2. The molecule has 2 aromatic carbocycles. The maximum absolute atomic E-state index is 13.1. The molecule has 0 aromatic heterocycles. The summed E-state index contributed by atoms with van der Waals surface area (Å²) in [7, 11) is 0. The molecule has 2 aromatic rings. The van der Waals surface area contributed by atoms with Gasteiger partial charge in [0, 0.05) is 34.0 Å². The molecule has 0 radical (unpaired) electrons. The van der Waals surface area contributed by atoms with Crippen molar-refractivity contribution in [3.8, 4) is 0 Å². The summed E-state index contributed by atoms with van der Waals surface area (Å²) in [6.45, 7) is 4.50. The Labute approximate surface area is 170 Å². The van der Waals surface area contributed by atoms with Gasteiger partial charge in [-0.2, -0.15) is 0 Å². The predicted octanol–water partition coefficient (Wildman–Crippen LogP) is 5.50. The van der Waals surface area contributed by atoms with Crippen molar-refractivity contribution >= 4 is 41.5 Å². The van der Waals surface area contributed by atoms with Crippen molar-refractivity contribution in [1.82, 2.24) is 4.90 Å². The third kappa shape index (κ3) is 5.16.